The lowest BCUT2D eigenvalue weighted by Crippen LogP contribution is -2.35. The van der Waals surface area contributed by atoms with Crippen LogP contribution in [0.25, 0.3) is 0 Å². The zero-order chi connectivity index (χ0) is 14.3. The number of carbonyl (C=O) groups is 1. The van der Waals surface area contributed by atoms with E-state index < -0.39 is 0 Å². The van der Waals surface area contributed by atoms with Crippen LogP contribution in [0.1, 0.15) is 52.8 Å². The molecule has 0 N–H and O–H groups in total. The Labute approximate surface area is 116 Å². The highest BCUT2D eigenvalue weighted by Gasteiger charge is 2.19. The zero-order valence-corrected chi connectivity index (χ0v) is 12.5. The Morgan fingerprint density at radius 2 is 2.05 bits per heavy atom. The molecule has 106 valence electrons. The second kappa shape index (κ2) is 7.87. The largest absolute Gasteiger partial charge is 0.297 e. The van der Waals surface area contributed by atoms with Crippen molar-refractivity contribution < 1.29 is 4.79 Å². The first kappa shape index (κ1) is 15.6. The lowest BCUT2D eigenvalue weighted by molar-refractivity contribution is -0.121. The van der Waals surface area contributed by atoms with E-state index in [0.717, 1.165) is 37.3 Å². The Morgan fingerprint density at radius 1 is 1.32 bits per heavy atom. The molecule has 1 heterocycles. The lowest BCUT2D eigenvalue weighted by Gasteiger charge is -2.23. The van der Waals surface area contributed by atoms with Crippen molar-refractivity contribution >= 4 is 11.7 Å². The van der Waals surface area contributed by atoms with Crippen molar-refractivity contribution in [2.24, 2.45) is 5.92 Å². The van der Waals surface area contributed by atoms with E-state index in [1.165, 1.54) is 0 Å². The minimum Gasteiger partial charge on any atom is -0.297 e. The molecule has 1 amide bonds. The molecule has 0 fully saturated rings. The van der Waals surface area contributed by atoms with Crippen molar-refractivity contribution in [3.63, 3.8) is 0 Å². The van der Waals surface area contributed by atoms with Crippen LogP contribution < -0.4 is 4.90 Å². The Kier molecular flexibility index (Phi) is 6.46. The molecule has 0 aliphatic heterocycles. The summed E-state index contributed by atoms with van der Waals surface area (Å²) in [7, 11) is 0. The molecule has 0 unspecified atom stereocenters. The van der Waals surface area contributed by atoms with Gasteiger partial charge in [-0.25, -0.2) is 9.97 Å². The first-order chi connectivity index (χ1) is 9.10. The summed E-state index contributed by atoms with van der Waals surface area (Å²) in [6.07, 6.45) is 5.75. The Morgan fingerprint density at radius 3 is 2.63 bits per heavy atom. The first-order valence-corrected chi connectivity index (χ1v) is 7.23. The number of amides is 1. The maximum Gasteiger partial charge on any atom is 0.230 e. The number of nitrogens with zero attached hydrogens (tertiary/aromatic N) is 3. The molecule has 0 spiro atoms. The second-order valence-electron chi connectivity index (χ2n) is 5.08. The van der Waals surface area contributed by atoms with E-state index in [1.807, 2.05) is 19.9 Å². The van der Waals surface area contributed by atoms with E-state index >= 15 is 0 Å². The second-order valence-corrected chi connectivity index (χ2v) is 5.08. The molecule has 0 aliphatic carbocycles. The third-order valence-corrected chi connectivity index (χ3v) is 2.93. The fourth-order valence-corrected chi connectivity index (χ4v) is 1.87. The number of anilines is 1. The summed E-state index contributed by atoms with van der Waals surface area (Å²) >= 11 is 0. The molecule has 0 saturated heterocycles. The molecule has 0 bridgehead atoms. The van der Waals surface area contributed by atoms with E-state index in [0.29, 0.717) is 6.54 Å². The van der Waals surface area contributed by atoms with E-state index in [9.17, 15) is 4.79 Å². The monoisotopic (exact) mass is 263 g/mol. The summed E-state index contributed by atoms with van der Waals surface area (Å²) in [4.78, 5) is 22.8. The Hall–Kier alpha value is -1.45. The van der Waals surface area contributed by atoms with Crippen LogP contribution in [0, 0.1) is 5.92 Å². The van der Waals surface area contributed by atoms with E-state index in [-0.39, 0.29) is 11.8 Å². The van der Waals surface area contributed by atoms with Crippen LogP contribution in [0.15, 0.2) is 12.3 Å². The maximum atomic E-state index is 12.2. The molecule has 0 atom stereocenters. The molecular weight excluding hydrogens is 238 g/mol. The quantitative estimate of drug-likeness (QED) is 0.758. The predicted octanol–water partition coefficient (Wildman–Crippen LogP) is 3.22. The summed E-state index contributed by atoms with van der Waals surface area (Å²) in [6, 6.07) is 1.82. The smallest absolute Gasteiger partial charge is 0.230 e. The van der Waals surface area contributed by atoms with Gasteiger partial charge in [-0.05, 0) is 18.9 Å². The van der Waals surface area contributed by atoms with Crippen molar-refractivity contribution in [1.29, 1.82) is 0 Å². The molecule has 0 radical (unpaired) electrons. The van der Waals surface area contributed by atoms with Gasteiger partial charge in [0.05, 0.1) is 0 Å². The fourth-order valence-electron chi connectivity index (χ4n) is 1.87. The van der Waals surface area contributed by atoms with E-state index in [4.69, 9.17) is 0 Å². The Bertz CT molecular complexity index is 404. The van der Waals surface area contributed by atoms with Crippen LogP contribution in [0.5, 0.6) is 0 Å². The van der Waals surface area contributed by atoms with E-state index in [1.54, 1.807) is 11.1 Å². The number of rotatable bonds is 7. The lowest BCUT2D eigenvalue weighted by atomic mass is 10.2. The van der Waals surface area contributed by atoms with Gasteiger partial charge in [0.25, 0.3) is 0 Å². The number of aromatic nitrogens is 2. The average Bonchev–Trinajstić information content (AvgIpc) is 2.42. The summed E-state index contributed by atoms with van der Waals surface area (Å²) < 4.78 is 0. The normalized spacial score (nSPS) is 10.8. The molecule has 1 rings (SSSR count). The van der Waals surface area contributed by atoms with Gasteiger partial charge < -0.3 is 0 Å². The summed E-state index contributed by atoms with van der Waals surface area (Å²) in [6.45, 7) is 8.77. The SMILES string of the molecule is CCCCc1nccc(N(CCC)C(=O)C(C)C)n1. The highest BCUT2D eigenvalue weighted by molar-refractivity contribution is 5.93. The van der Waals surface area contributed by atoms with Gasteiger partial charge in [-0.3, -0.25) is 9.69 Å². The topological polar surface area (TPSA) is 46.1 Å². The number of unbranched alkanes of at least 4 members (excludes halogenated alkanes) is 1. The number of hydrogen-bond acceptors (Lipinski definition) is 3. The molecule has 19 heavy (non-hydrogen) atoms. The first-order valence-electron chi connectivity index (χ1n) is 7.23. The van der Waals surface area contributed by atoms with Gasteiger partial charge in [-0.1, -0.05) is 34.1 Å². The third-order valence-electron chi connectivity index (χ3n) is 2.93. The fraction of sp³-hybridized carbons (Fsp3) is 0.667. The van der Waals surface area contributed by atoms with Gasteiger partial charge in [-0.15, -0.1) is 0 Å². The van der Waals surface area contributed by atoms with Crippen molar-refractivity contribution in [1.82, 2.24) is 9.97 Å². The zero-order valence-electron chi connectivity index (χ0n) is 12.5. The van der Waals surface area contributed by atoms with Crippen LogP contribution in [-0.4, -0.2) is 22.4 Å². The summed E-state index contributed by atoms with van der Waals surface area (Å²) in [5.41, 5.74) is 0. The van der Waals surface area contributed by atoms with Crippen molar-refractivity contribution in [3.8, 4) is 0 Å². The van der Waals surface area contributed by atoms with Gasteiger partial charge >= 0.3 is 0 Å². The summed E-state index contributed by atoms with van der Waals surface area (Å²) in [5.74, 6) is 1.68. The maximum absolute atomic E-state index is 12.2. The number of hydrogen-bond donors (Lipinski definition) is 0. The number of carbonyl (C=O) groups excluding carboxylic acids is 1. The minimum atomic E-state index is -0.0133. The van der Waals surface area contributed by atoms with Crippen molar-refractivity contribution in [2.45, 2.75) is 53.4 Å². The Balaban J connectivity index is 2.92. The molecule has 1 aromatic heterocycles. The van der Waals surface area contributed by atoms with Gasteiger partial charge in [0.15, 0.2) is 0 Å². The highest BCUT2D eigenvalue weighted by atomic mass is 16.2. The van der Waals surface area contributed by atoms with Crippen LogP contribution in [0.2, 0.25) is 0 Å². The molecule has 0 saturated carbocycles. The van der Waals surface area contributed by atoms with Crippen molar-refractivity contribution in [3.05, 3.63) is 18.1 Å². The molecule has 0 aromatic carbocycles. The summed E-state index contributed by atoms with van der Waals surface area (Å²) in [5, 5.41) is 0. The highest BCUT2D eigenvalue weighted by Crippen LogP contribution is 2.15. The van der Waals surface area contributed by atoms with Gasteiger partial charge in [-0.2, -0.15) is 0 Å². The van der Waals surface area contributed by atoms with E-state index in [2.05, 4.69) is 23.8 Å². The van der Waals surface area contributed by atoms with Crippen LogP contribution >= 0.6 is 0 Å². The average molecular weight is 263 g/mol. The molecule has 1 aromatic rings. The van der Waals surface area contributed by atoms with Gasteiger partial charge in [0, 0.05) is 25.1 Å². The van der Waals surface area contributed by atoms with Crippen LogP contribution in [-0.2, 0) is 11.2 Å². The number of aryl methyl sites for hydroxylation is 1. The molecule has 0 aliphatic rings. The van der Waals surface area contributed by atoms with Gasteiger partial charge in [0.1, 0.15) is 11.6 Å². The molecular formula is C15H25N3O. The minimum absolute atomic E-state index is 0.0133. The third kappa shape index (κ3) is 4.62. The van der Waals surface area contributed by atoms with Crippen LogP contribution in [0.3, 0.4) is 0 Å². The van der Waals surface area contributed by atoms with Crippen LogP contribution in [0.4, 0.5) is 5.82 Å². The van der Waals surface area contributed by atoms with Crippen molar-refractivity contribution in [2.75, 3.05) is 11.4 Å². The standard InChI is InChI=1S/C15H25N3O/c1-5-7-8-13-16-10-9-14(17-13)18(11-6-2)15(19)12(3)4/h9-10,12H,5-8,11H2,1-4H3. The molecule has 4 nitrogen and oxygen atoms in total. The van der Waals surface area contributed by atoms with Gasteiger partial charge in [0.2, 0.25) is 5.91 Å². The molecule has 4 heteroatoms. The predicted molar refractivity (Wildman–Crippen MR) is 78.1 cm³/mol.